The van der Waals surface area contributed by atoms with Crippen molar-refractivity contribution in [3.8, 4) is 0 Å². The fourth-order valence-corrected chi connectivity index (χ4v) is 2.19. The molecule has 6 nitrogen and oxygen atoms in total. The molecule has 0 aliphatic heterocycles. The number of hydrogen-bond acceptors (Lipinski definition) is 4. The smallest absolute Gasteiger partial charge is 0.356 e. The van der Waals surface area contributed by atoms with Crippen molar-refractivity contribution >= 4 is 11.9 Å². The number of nitrogens with zero attached hydrogens (tertiary/aromatic N) is 3. The molecule has 96 valence electrons. The van der Waals surface area contributed by atoms with Crippen LogP contribution in [0.25, 0.3) is 0 Å². The summed E-state index contributed by atoms with van der Waals surface area (Å²) in [5.41, 5.74) is 0.0319. The molecule has 1 aliphatic rings. The molecule has 0 atom stereocenters. The number of carbonyl (C=O) groups is 2. The molecule has 1 aromatic heterocycles. The van der Waals surface area contributed by atoms with Crippen molar-refractivity contribution in [3.05, 3.63) is 23.8 Å². The highest BCUT2D eigenvalue weighted by atomic mass is 16.4. The quantitative estimate of drug-likeness (QED) is 0.869. The first kappa shape index (κ1) is 12.5. The molecule has 1 heterocycles. The van der Waals surface area contributed by atoms with E-state index in [1.165, 1.54) is 6.20 Å². The average Bonchev–Trinajstić information content (AvgIpc) is 2.91. The summed E-state index contributed by atoms with van der Waals surface area (Å²) in [6, 6.07) is 0.262. The molecule has 1 aromatic rings. The van der Waals surface area contributed by atoms with E-state index in [2.05, 4.69) is 9.97 Å². The molecule has 0 bridgehead atoms. The van der Waals surface area contributed by atoms with Gasteiger partial charge in [-0.1, -0.05) is 12.8 Å². The van der Waals surface area contributed by atoms with Crippen LogP contribution in [0.1, 0.15) is 46.7 Å². The standard InChI is InChI=1S/C12H15N3O3/c1-15(8-4-2-3-5-8)11(16)9-6-14-10(7-13-9)12(17)18/h6-8H,2-5H2,1H3,(H,17,18). The van der Waals surface area contributed by atoms with Gasteiger partial charge >= 0.3 is 5.97 Å². The predicted octanol–water partition coefficient (Wildman–Crippen LogP) is 1.19. The van der Waals surface area contributed by atoms with E-state index in [4.69, 9.17) is 5.11 Å². The van der Waals surface area contributed by atoms with E-state index < -0.39 is 5.97 Å². The number of aromatic carboxylic acids is 1. The third-order valence-corrected chi connectivity index (χ3v) is 3.28. The minimum absolute atomic E-state index is 0.157. The topological polar surface area (TPSA) is 83.4 Å². The van der Waals surface area contributed by atoms with Crippen molar-refractivity contribution < 1.29 is 14.7 Å². The fourth-order valence-electron chi connectivity index (χ4n) is 2.19. The van der Waals surface area contributed by atoms with Crippen LogP contribution >= 0.6 is 0 Å². The van der Waals surface area contributed by atoms with Gasteiger partial charge in [0.15, 0.2) is 5.69 Å². The van der Waals surface area contributed by atoms with E-state index in [9.17, 15) is 9.59 Å². The van der Waals surface area contributed by atoms with Gasteiger partial charge in [-0.05, 0) is 12.8 Å². The Kier molecular flexibility index (Phi) is 3.55. The monoisotopic (exact) mass is 249 g/mol. The lowest BCUT2D eigenvalue weighted by molar-refractivity contribution is 0.0683. The van der Waals surface area contributed by atoms with Crippen molar-refractivity contribution in [1.82, 2.24) is 14.9 Å². The number of rotatable bonds is 3. The molecule has 0 unspecified atom stereocenters. The van der Waals surface area contributed by atoms with Gasteiger partial charge in [0.2, 0.25) is 0 Å². The second-order valence-corrected chi connectivity index (χ2v) is 4.45. The summed E-state index contributed by atoms with van der Waals surface area (Å²) in [7, 11) is 1.76. The first-order valence-electron chi connectivity index (χ1n) is 5.92. The molecule has 18 heavy (non-hydrogen) atoms. The molecule has 1 N–H and O–H groups in total. The van der Waals surface area contributed by atoms with Gasteiger partial charge in [-0.25, -0.2) is 14.8 Å². The van der Waals surface area contributed by atoms with Crippen LogP contribution in [0.3, 0.4) is 0 Å². The van der Waals surface area contributed by atoms with Gasteiger partial charge in [0, 0.05) is 13.1 Å². The van der Waals surface area contributed by atoms with Gasteiger partial charge in [-0.3, -0.25) is 4.79 Å². The van der Waals surface area contributed by atoms with Crippen LogP contribution in [0, 0.1) is 0 Å². The Morgan fingerprint density at radius 3 is 2.28 bits per heavy atom. The summed E-state index contributed by atoms with van der Waals surface area (Å²) < 4.78 is 0. The van der Waals surface area contributed by atoms with Gasteiger partial charge < -0.3 is 10.0 Å². The van der Waals surface area contributed by atoms with Crippen LogP contribution in [0.4, 0.5) is 0 Å². The van der Waals surface area contributed by atoms with Crippen molar-refractivity contribution in [3.63, 3.8) is 0 Å². The maximum absolute atomic E-state index is 12.1. The summed E-state index contributed by atoms with van der Waals surface area (Å²) in [5.74, 6) is -1.35. The summed E-state index contributed by atoms with van der Waals surface area (Å²) in [5, 5.41) is 8.70. The summed E-state index contributed by atoms with van der Waals surface area (Å²) in [6.07, 6.45) is 6.65. The molecule has 1 amide bonds. The van der Waals surface area contributed by atoms with Crippen molar-refractivity contribution in [2.45, 2.75) is 31.7 Å². The zero-order valence-corrected chi connectivity index (χ0v) is 10.2. The molecular weight excluding hydrogens is 234 g/mol. The number of aromatic nitrogens is 2. The van der Waals surface area contributed by atoms with E-state index in [1.807, 2.05) is 0 Å². The van der Waals surface area contributed by atoms with E-state index in [-0.39, 0.29) is 23.3 Å². The number of carbonyl (C=O) groups excluding carboxylic acids is 1. The lowest BCUT2D eigenvalue weighted by Gasteiger charge is -2.23. The predicted molar refractivity (Wildman–Crippen MR) is 63.3 cm³/mol. The van der Waals surface area contributed by atoms with Gasteiger partial charge in [0.05, 0.1) is 12.4 Å². The Morgan fingerprint density at radius 2 is 1.78 bits per heavy atom. The molecule has 1 aliphatic carbocycles. The second kappa shape index (κ2) is 5.12. The Bertz CT molecular complexity index is 452. The molecule has 1 fully saturated rings. The molecular formula is C12H15N3O3. The first-order chi connectivity index (χ1) is 8.59. The van der Waals surface area contributed by atoms with Gasteiger partial charge in [-0.15, -0.1) is 0 Å². The lowest BCUT2D eigenvalue weighted by Crippen LogP contribution is -2.35. The third-order valence-electron chi connectivity index (χ3n) is 3.28. The Labute approximate surface area is 105 Å². The fraction of sp³-hybridized carbons (Fsp3) is 0.500. The van der Waals surface area contributed by atoms with E-state index in [1.54, 1.807) is 11.9 Å². The van der Waals surface area contributed by atoms with Crippen LogP contribution in [-0.2, 0) is 0 Å². The summed E-state index contributed by atoms with van der Waals surface area (Å²) in [4.78, 5) is 32.0. The van der Waals surface area contributed by atoms with E-state index in [0.717, 1.165) is 31.9 Å². The van der Waals surface area contributed by atoms with Gasteiger partial charge in [0.25, 0.3) is 5.91 Å². The van der Waals surface area contributed by atoms with Crippen LogP contribution in [-0.4, -0.2) is 44.9 Å². The molecule has 0 spiro atoms. The molecule has 1 saturated carbocycles. The normalized spacial score (nSPS) is 15.6. The first-order valence-corrected chi connectivity index (χ1v) is 5.92. The van der Waals surface area contributed by atoms with Crippen molar-refractivity contribution in [1.29, 1.82) is 0 Å². The van der Waals surface area contributed by atoms with Crippen molar-refractivity contribution in [2.75, 3.05) is 7.05 Å². The zero-order chi connectivity index (χ0) is 13.1. The highest BCUT2D eigenvalue weighted by Crippen LogP contribution is 2.23. The van der Waals surface area contributed by atoms with Crippen molar-refractivity contribution in [2.24, 2.45) is 0 Å². The van der Waals surface area contributed by atoms with Crippen LogP contribution in [0.5, 0.6) is 0 Å². The van der Waals surface area contributed by atoms with Crippen LogP contribution in [0.15, 0.2) is 12.4 Å². The van der Waals surface area contributed by atoms with Crippen LogP contribution in [0.2, 0.25) is 0 Å². The zero-order valence-electron chi connectivity index (χ0n) is 10.2. The lowest BCUT2D eigenvalue weighted by atomic mass is 10.2. The maximum Gasteiger partial charge on any atom is 0.356 e. The minimum atomic E-state index is -1.15. The SMILES string of the molecule is CN(C(=O)c1cnc(C(=O)O)cn1)C1CCCC1. The number of carboxylic acids is 1. The largest absolute Gasteiger partial charge is 0.476 e. The molecule has 0 saturated heterocycles. The summed E-state index contributed by atoms with van der Waals surface area (Å²) in [6.45, 7) is 0. The average molecular weight is 249 g/mol. The molecule has 0 aromatic carbocycles. The number of carboxylic acid groups (broad SMARTS) is 1. The Morgan fingerprint density at radius 1 is 1.22 bits per heavy atom. The number of hydrogen-bond donors (Lipinski definition) is 1. The van der Waals surface area contributed by atoms with Gasteiger partial charge in [0.1, 0.15) is 5.69 Å². The Balaban J connectivity index is 2.10. The summed E-state index contributed by atoms with van der Waals surface area (Å²) >= 11 is 0. The highest BCUT2D eigenvalue weighted by Gasteiger charge is 2.25. The van der Waals surface area contributed by atoms with E-state index >= 15 is 0 Å². The second-order valence-electron chi connectivity index (χ2n) is 4.45. The third kappa shape index (κ3) is 2.47. The molecule has 6 heteroatoms. The Hall–Kier alpha value is -1.98. The minimum Gasteiger partial charge on any atom is -0.476 e. The van der Waals surface area contributed by atoms with E-state index in [0.29, 0.717) is 0 Å². The maximum atomic E-state index is 12.1. The molecule has 2 rings (SSSR count). The van der Waals surface area contributed by atoms with Crippen LogP contribution < -0.4 is 0 Å². The number of amides is 1. The highest BCUT2D eigenvalue weighted by molar-refractivity contribution is 5.92. The van der Waals surface area contributed by atoms with Gasteiger partial charge in [-0.2, -0.15) is 0 Å². The molecule has 0 radical (unpaired) electrons.